The van der Waals surface area contributed by atoms with Crippen molar-refractivity contribution in [2.24, 2.45) is 0 Å². The number of aliphatic carboxylic acids is 1. The number of halogens is 4. The van der Waals surface area contributed by atoms with E-state index in [2.05, 4.69) is 9.97 Å². The molecule has 0 bridgehead atoms. The number of aromatic amines is 1. The van der Waals surface area contributed by atoms with Crippen LogP contribution in [-0.2, 0) is 11.0 Å². The van der Waals surface area contributed by atoms with Crippen LogP contribution >= 0.6 is 0 Å². The molecule has 1 aromatic carbocycles. The summed E-state index contributed by atoms with van der Waals surface area (Å²) in [5.41, 5.74) is 0.244. The number of hydrogen-bond acceptors (Lipinski definition) is 4. The van der Waals surface area contributed by atoms with E-state index in [0.717, 1.165) is 12.3 Å². The van der Waals surface area contributed by atoms with Crippen molar-refractivity contribution in [2.45, 2.75) is 12.2 Å². The number of H-pyrrole nitrogens is 1. The third kappa shape index (κ3) is 3.82. The number of benzene rings is 1. The quantitative estimate of drug-likeness (QED) is 0.628. The Hall–Kier alpha value is -3.14. The predicted molar refractivity (Wildman–Crippen MR) is 102 cm³/mol. The maximum Gasteiger partial charge on any atom is 0.417 e. The van der Waals surface area contributed by atoms with E-state index in [1.54, 1.807) is 17.2 Å². The van der Waals surface area contributed by atoms with E-state index in [1.807, 2.05) is 4.90 Å². The summed E-state index contributed by atoms with van der Waals surface area (Å²) < 4.78 is 51.6. The molecule has 30 heavy (non-hydrogen) atoms. The SMILES string of the molecule is O=C(O)C(c1c[nH]c2cc(F)ccc12)N1CCN(c2ccc(C(F)(F)F)cn2)CC1. The highest BCUT2D eigenvalue weighted by atomic mass is 19.4. The number of fused-ring (bicyclic) bond motifs is 1. The van der Waals surface area contributed by atoms with E-state index >= 15 is 0 Å². The van der Waals surface area contributed by atoms with Gasteiger partial charge in [-0.05, 0) is 30.3 Å². The Labute approximate surface area is 168 Å². The number of nitrogens with zero attached hydrogens (tertiary/aromatic N) is 3. The topological polar surface area (TPSA) is 72.5 Å². The highest BCUT2D eigenvalue weighted by Gasteiger charge is 2.33. The monoisotopic (exact) mass is 422 g/mol. The number of carboxylic acids is 1. The smallest absolute Gasteiger partial charge is 0.417 e. The minimum absolute atomic E-state index is 0.382. The molecule has 6 nitrogen and oxygen atoms in total. The molecule has 2 N–H and O–H groups in total. The van der Waals surface area contributed by atoms with Gasteiger partial charge in [0.25, 0.3) is 0 Å². The summed E-state index contributed by atoms with van der Waals surface area (Å²) in [6.45, 7) is 1.60. The highest BCUT2D eigenvalue weighted by molar-refractivity contribution is 5.89. The summed E-state index contributed by atoms with van der Waals surface area (Å²) in [6.07, 6.45) is -2.07. The normalized spacial score (nSPS) is 16.7. The van der Waals surface area contributed by atoms with Crippen LogP contribution in [-0.4, -0.2) is 52.1 Å². The number of alkyl halides is 3. The molecule has 1 saturated heterocycles. The van der Waals surface area contributed by atoms with Crippen LogP contribution in [0.15, 0.2) is 42.7 Å². The molecular weight excluding hydrogens is 404 g/mol. The molecule has 3 heterocycles. The maximum absolute atomic E-state index is 13.4. The first-order valence-electron chi connectivity index (χ1n) is 9.25. The first-order valence-corrected chi connectivity index (χ1v) is 9.25. The average molecular weight is 422 g/mol. The van der Waals surface area contributed by atoms with Gasteiger partial charge < -0.3 is 15.0 Å². The number of rotatable bonds is 4. The van der Waals surface area contributed by atoms with Crippen molar-refractivity contribution in [3.8, 4) is 0 Å². The van der Waals surface area contributed by atoms with E-state index in [1.165, 1.54) is 18.2 Å². The van der Waals surface area contributed by atoms with Gasteiger partial charge in [0.2, 0.25) is 0 Å². The van der Waals surface area contributed by atoms with Crippen molar-refractivity contribution < 1.29 is 27.5 Å². The molecule has 3 aromatic rings. The summed E-state index contributed by atoms with van der Waals surface area (Å²) in [4.78, 5) is 22.5. The first kappa shape index (κ1) is 20.1. The maximum atomic E-state index is 13.4. The molecule has 2 aromatic heterocycles. The van der Waals surface area contributed by atoms with Crippen LogP contribution in [0.4, 0.5) is 23.4 Å². The average Bonchev–Trinajstić information content (AvgIpc) is 3.10. The molecule has 1 aliphatic rings. The molecule has 1 fully saturated rings. The molecule has 158 valence electrons. The van der Waals surface area contributed by atoms with Gasteiger partial charge in [-0.15, -0.1) is 0 Å². The van der Waals surface area contributed by atoms with Crippen molar-refractivity contribution >= 4 is 22.7 Å². The minimum Gasteiger partial charge on any atom is -0.480 e. The van der Waals surface area contributed by atoms with Crippen LogP contribution in [0.25, 0.3) is 10.9 Å². The molecule has 1 atom stereocenters. The second-order valence-corrected chi connectivity index (χ2v) is 7.10. The Kier molecular flexibility index (Phi) is 5.10. The first-order chi connectivity index (χ1) is 14.2. The Morgan fingerprint density at radius 1 is 1.13 bits per heavy atom. The lowest BCUT2D eigenvalue weighted by atomic mass is 10.0. The summed E-state index contributed by atoms with van der Waals surface area (Å²) in [6, 6.07) is 5.53. The highest BCUT2D eigenvalue weighted by Crippen LogP contribution is 2.32. The third-order valence-electron chi connectivity index (χ3n) is 5.28. The molecule has 1 aliphatic heterocycles. The summed E-state index contributed by atoms with van der Waals surface area (Å²) in [7, 11) is 0. The van der Waals surface area contributed by atoms with E-state index in [9.17, 15) is 27.5 Å². The van der Waals surface area contributed by atoms with Gasteiger partial charge in [-0.3, -0.25) is 9.69 Å². The number of hydrogen-bond donors (Lipinski definition) is 2. The molecule has 0 amide bonds. The second-order valence-electron chi connectivity index (χ2n) is 7.10. The fraction of sp³-hybridized carbons (Fsp3) is 0.300. The Morgan fingerprint density at radius 2 is 1.87 bits per heavy atom. The van der Waals surface area contributed by atoms with E-state index in [0.29, 0.717) is 48.5 Å². The van der Waals surface area contributed by atoms with Gasteiger partial charge in [-0.1, -0.05) is 0 Å². The lowest BCUT2D eigenvalue weighted by Gasteiger charge is -2.38. The van der Waals surface area contributed by atoms with Gasteiger partial charge >= 0.3 is 12.1 Å². The zero-order valence-corrected chi connectivity index (χ0v) is 15.7. The van der Waals surface area contributed by atoms with Crippen molar-refractivity contribution in [1.29, 1.82) is 0 Å². The predicted octanol–water partition coefficient (Wildman–Crippen LogP) is 3.67. The van der Waals surface area contributed by atoms with Gasteiger partial charge in [0.15, 0.2) is 0 Å². The third-order valence-corrected chi connectivity index (χ3v) is 5.28. The van der Waals surface area contributed by atoms with Crippen LogP contribution in [0.5, 0.6) is 0 Å². The standard InChI is InChI=1S/C20H18F4N4O2/c21-13-2-3-14-15(11-25-16(14)9-13)18(19(29)30)28-7-5-27(6-8-28)17-4-1-12(10-26-17)20(22,23)24/h1-4,9-11,18,25H,5-8H2,(H,29,30). The largest absolute Gasteiger partial charge is 0.480 e. The van der Waals surface area contributed by atoms with Crippen LogP contribution in [0.2, 0.25) is 0 Å². The number of carbonyl (C=O) groups is 1. The van der Waals surface area contributed by atoms with Crippen LogP contribution < -0.4 is 4.90 Å². The Morgan fingerprint density at radius 3 is 2.47 bits per heavy atom. The van der Waals surface area contributed by atoms with Crippen LogP contribution in [0, 0.1) is 5.82 Å². The van der Waals surface area contributed by atoms with Crippen LogP contribution in [0.3, 0.4) is 0 Å². The number of carboxylic acid groups (broad SMARTS) is 1. The molecule has 0 radical (unpaired) electrons. The minimum atomic E-state index is -4.44. The van der Waals surface area contributed by atoms with Crippen LogP contribution in [0.1, 0.15) is 17.2 Å². The number of piperazine rings is 1. The number of anilines is 1. The van der Waals surface area contributed by atoms with Gasteiger partial charge in [0, 0.05) is 55.0 Å². The van der Waals surface area contributed by atoms with Crippen molar-refractivity contribution in [1.82, 2.24) is 14.9 Å². The number of aromatic nitrogens is 2. The van der Waals surface area contributed by atoms with E-state index in [4.69, 9.17) is 0 Å². The second kappa shape index (κ2) is 7.60. The summed E-state index contributed by atoms with van der Waals surface area (Å²) in [5, 5.41) is 10.5. The van der Waals surface area contributed by atoms with Crippen molar-refractivity contribution in [3.05, 3.63) is 59.7 Å². The lowest BCUT2D eigenvalue weighted by molar-refractivity contribution is -0.143. The summed E-state index contributed by atoms with van der Waals surface area (Å²) >= 11 is 0. The molecule has 4 rings (SSSR count). The van der Waals surface area contributed by atoms with Gasteiger partial charge in [-0.2, -0.15) is 13.2 Å². The van der Waals surface area contributed by atoms with Gasteiger partial charge in [0.05, 0.1) is 5.56 Å². The van der Waals surface area contributed by atoms with Crippen molar-refractivity contribution in [3.63, 3.8) is 0 Å². The molecule has 0 spiro atoms. The molecule has 10 heteroatoms. The fourth-order valence-corrected chi connectivity index (χ4v) is 3.78. The Balaban J connectivity index is 1.50. The molecule has 0 aliphatic carbocycles. The molecule has 1 unspecified atom stereocenters. The zero-order chi connectivity index (χ0) is 21.5. The lowest BCUT2D eigenvalue weighted by Crippen LogP contribution is -2.49. The zero-order valence-electron chi connectivity index (χ0n) is 15.7. The van der Waals surface area contributed by atoms with Gasteiger partial charge in [-0.25, -0.2) is 9.37 Å². The van der Waals surface area contributed by atoms with E-state index < -0.39 is 29.6 Å². The molecule has 0 saturated carbocycles. The Bertz CT molecular complexity index is 1060. The summed E-state index contributed by atoms with van der Waals surface area (Å²) in [5.74, 6) is -1.03. The fourth-order valence-electron chi connectivity index (χ4n) is 3.78. The molecular formula is C20H18F4N4O2. The van der Waals surface area contributed by atoms with Gasteiger partial charge in [0.1, 0.15) is 17.7 Å². The van der Waals surface area contributed by atoms with E-state index in [-0.39, 0.29) is 0 Å². The number of pyridine rings is 1. The number of nitrogens with one attached hydrogen (secondary N) is 1. The van der Waals surface area contributed by atoms with Crippen molar-refractivity contribution in [2.75, 3.05) is 31.1 Å².